The third kappa shape index (κ3) is 12.2. The van der Waals surface area contributed by atoms with Gasteiger partial charge in [0, 0.05) is 67.5 Å². The predicted molar refractivity (Wildman–Crippen MR) is 411 cm³/mol. The van der Waals surface area contributed by atoms with Crippen LogP contribution in [0.25, 0.3) is 10.2 Å². The largest absolute Gasteiger partial charge is 0.393 e. The van der Waals surface area contributed by atoms with Crippen LogP contribution in [-0.2, 0) is 38.2 Å². The highest BCUT2D eigenvalue weighted by Gasteiger charge is 2.77. The first-order chi connectivity index (χ1) is 50.8. The number of ether oxygens (including phenoxy) is 2. The summed E-state index contributed by atoms with van der Waals surface area (Å²) in [4.78, 5) is 91.5. The van der Waals surface area contributed by atoms with Crippen LogP contribution in [0.3, 0.4) is 0 Å². The summed E-state index contributed by atoms with van der Waals surface area (Å²) in [5.74, 6) is 0.885. The van der Waals surface area contributed by atoms with Gasteiger partial charge in [-0.3, -0.25) is 28.8 Å². The van der Waals surface area contributed by atoms with E-state index in [0.29, 0.717) is 30.8 Å². The number of para-hydroxylation sites is 1. The topological polar surface area (TPSA) is 261 Å². The number of hydrogen-bond donors (Lipinski definition) is 5. The van der Waals surface area contributed by atoms with Crippen molar-refractivity contribution in [1.82, 2.24) is 15.0 Å². The molecule has 2 aromatic heterocycles. The minimum absolute atomic E-state index is 0.00292. The first-order valence-electron chi connectivity index (χ1n) is 38.8. The van der Waals surface area contributed by atoms with Crippen LogP contribution in [0.15, 0.2) is 153 Å². The molecule has 0 bridgehead atoms. The third-order valence-electron chi connectivity index (χ3n) is 29.8. The number of halogens is 1. The smallest absolute Gasteiger partial charge is 0.187 e. The molecule has 4 aromatic rings. The molecule has 10 fully saturated rings. The number of ketones is 6. The highest BCUT2D eigenvalue weighted by molar-refractivity contribution is 8.01. The van der Waals surface area contributed by atoms with Gasteiger partial charge >= 0.3 is 0 Å². The van der Waals surface area contributed by atoms with Gasteiger partial charge in [-0.05, 0) is 210 Å². The molecule has 25 atom stereocenters. The van der Waals surface area contributed by atoms with E-state index in [0.717, 1.165) is 100 Å². The van der Waals surface area contributed by atoms with Crippen molar-refractivity contribution in [2.45, 2.75) is 214 Å². The number of Topliss-reactive ketones (excluding diaryl/α,β-unsaturated/α-hetero) is 3. The Morgan fingerprint density at radius 3 is 1.80 bits per heavy atom. The van der Waals surface area contributed by atoms with Crippen molar-refractivity contribution in [1.29, 1.82) is 0 Å². The molecule has 0 radical (unpaired) electrons. The maximum atomic E-state index is 14.3. The quantitative estimate of drug-likeness (QED) is 0.0580. The molecule has 2 aromatic carbocycles. The Kier molecular flexibility index (Phi) is 20.4. The molecule has 1 aliphatic heterocycles. The van der Waals surface area contributed by atoms with Gasteiger partial charge in [-0.25, -0.2) is 19.3 Å². The Hall–Kier alpha value is -5.43. The number of thioether (sulfide) groups is 3. The lowest BCUT2D eigenvalue weighted by Crippen LogP contribution is -2.63. The second-order valence-corrected chi connectivity index (χ2v) is 39.2. The highest BCUT2D eigenvalue weighted by atomic mass is 32.2. The van der Waals surface area contributed by atoms with Gasteiger partial charge in [-0.2, -0.15) is 0 Å². The maximum absolute atomic E-state index is 14.3. The number of carbonyl (C=O) groups excluding carboxylic acids is 6. The number of allylic oxidation sites excluding steroid dienone is 12. The molecule has 3 heterocycles. The minimum Gasteiger partial charge on any atom is -0.393 e. The molecular formula is C86H102FN3O13S4. The van der Waals surface area contributed by atoms with Crippen molar-refractivity contribution in [3.8, 4) is 0 Å². The zero-order valence-corrected chi connectivity index (χ0v) is 65.9. The fourth-order valence-corrected chi connectivity index (χ4v) is 28.6. The molecule has 570 valence electrons. The molecule has 0 amide bonds. The number of rotatable bonds is 14. The van der Waals surface area contributed by atoms with Crippen LogP contribution in [0.4, 0.5) is 4.39 Å². The number of aliphatic hydroxyl groups excluding tert-OH is 3. The van der Waals surface area contributed by atoms with Crippen LogP contribution in [0.1, 0.15) is 152 Å². The molecule has 107 heavy (non-hydrogen) atoms. The zero-order chi connectivity index (χ0) is 75.9. The number of carbonyl (C=O) groups is 6. The number of nitrogens with zero attached hydrogens (tertiary/aromatic N) is 3. The Labute approximate surface area is 643 Å². The van der Waals surface area contributed by atoms with Crippen LogP contribution < -0.4 is 0 Å². The molecule has 0 spiro atoms. The van der Waals surface area contributed by atoms with Gasteiger partial charge in [0.1, 0.15) is 17.0 Å². The van der Waals surface area contributed by atoms with Gasteiger partial charge in [0.05, 0.1) is 51.9 Å². The molecule has 12 aliphatic carbocycles. The molecule has 9 saturated carbocycles. The Morgan fingerprint density at radius 1 is 0.617 bits per heavy atom. The molecule has 21 heteroatoms. The summed E-state index contributed by atoms with van der Waals surface area (Å²) in [6, 6.07) is 15.9. The fraction of sp³-hybridized carbons (Fsp3) is 0.593. The molecular weight excluding hydrogens is 1430 g/mol. The second kappa shape index (κ2) is 28.3. The summed E-state index contributed by atoms with van der Waals surface area (Å²) in [6.45, 7) is 18.9. The number of fused-ring (bicyclic) bond motifs is 18. The number of aromatic nitrogens is 3. The monoisotopic (exact) mass is 1530 g/mol. The van der Waals surface area contributed by atoms with Crippen LogP contribution >= 0.6 is 46.6 Å². The van der Waals surface area contributed by atoms with Gasteiger partial charge in [0.25, 0.3) is 0 Å². The lowest BCUT2D eigenvalue weighted by molar-refractivity contribution is -0.197. The van der Waals surface area contributed by atoms with Crippen molar-refractivity contribution in [2.75, 3.05) is 17.3 Å². The second-order valence-electron chi connectivity index (χ2n) is 35.0. The van der Waals surface area contributed by atoms with E-state index < -0.39 is 57.7 Å². The van der Waals surface area contributed by atoms with Gasteiger partial charge in [0.2, 0.25) is 0 Å². The van der Waals surface area contributed by atoms with E-state index in [1.165, 1.54) is 47.4 Å². The van der Waals surface area contributed by atoms with E-state index in [4.69, 9.17) is 9.47 Å². The van der Waals surface area contributed by atoms with Crippen molar-refractivity contribution < 1.29 is 68.2 Å². The van der Waals surface area contributed by atoms with E-state index in [1.54, 1.807) is 78.4 Å². The van der Waals surface area contributed by atoms with Crippen LogP contribution in [0, 0.1) is 103 Å². The summed E-state index contributed by atoms with van der Waals surface area (Å²) in [7, 11) is 0. The molecule has 16 nitrogen and oxygen atoms in total. The summed E-state index contributed by atoms with van der Waals surface area (Å²) in [6.07, 6.45) is 26.6. The van der Waals surface area contributed by atoms with Gasteiger partial charge in [-0.15, -0.1) is 23.1 Å². The van der Waals surface area contributed by atoms with E-state index in [2.05, 4.69) is 56.5 Å². The number of benzene rings is 2. The van der Waals surface area contributed by atoms with Gasteiger partial charge < -0.3 is 35.0 Å². The SMILES string of the molecule is CCCC1O[C@@H]2CC3C4CCC5=CC(=O)C=CC5(C)C4[C@@H](O)CC3(C)[C@]2(C(=O)CSc2ccc(F)cc2)O1.C[C@@H]1CC2C3CCC4=CC(=O)C=CC4(C)C3[C@@H](O)CC2(C)[C@@]1(O)C(=O)CSc1nc2ccccc2s1.C[C@H]1CC2C([C@@H](O)CC3(C)C2CC[C@]3(O)C(=O)CSc2ncccn2)C2(C)C=CC(=O)C=C12. The Bertz CT molecular complexity index is 4390. The van der Waals surface area contributed by atoms with Crippen molar-refractivity contribution in [2.24, 2.45) is 97.6 Å². The first-order valence-corrected chi connectivity index (χ1v) is 42.6. The zero-order valence-electron chi connectivity index (χ0n) is 62.7. The first kappa shape index (κ1) is 76.9. The molecule has 5 N–H and O–H groups in total. The average Bonchev–Trinajstić information content (AvgIpc) is 1.55. The number of aliphatic hydroxyl groups is 5. The van der Waals surface area contributed by atoms with E-state index in [-0.39, 0.29) is 145 Å². The lowest BCUT2D eigenvalue weighted by Gasteiger charge is -2.60. The average molecular weight is 1530 g/mol. The number of hydrogen-bond acceptors (Lipinski definition) is 20. The van der Waals surface area contributed by atoms with Crippen LogP contribution in [-0.4, -0.2) is 140 Å². The minimum atomic E-state index is -1.48. The van der Waals surface area contributed by atoms with Crippen LogP contribution in [0.2, 0.25) is 0 Å². The maximum Gasteiger partial charge on any atom is 0.187 e. The van der Waals surface area contributed by atoms with E-state index in [9.17, 15) is 58.7 Å². The Morgan fingerprint density at radius 2 is 1.18 bits per heavy atom. The molecule has 1 saturated heterocycles. The lowest BCUT2D eigenvalue weighted by atomic mass is 9.45. The Balaban J connectivity index is 0.000000129. The molecule has 13 aliphatic rings. The predicted octanol–water partition coefficient (Wildman–Crippen LogP) is 14.3. The fourth-order valence-electron chi connectivity index (χ4n) is 25.0. The summed E-state index contributed by atoms with van der Waals surface area (Å²) >= 11 is 5.62. The van der Waals surface area contributed by atoms with Crippen molar-refractivity contribution >= 4 is 91.5 Å². The van der Waals surface area contributed by atoms with Crippen molar-refractivity contribution in [3.63, 3.8) is 0 Å². The number of thiazole rings is 1. The molecule has 16 unspecified atom stereocenters. The highest BCUT2D eigenvalue weighted by Crippen LogP contribution is 2.73. The standard InChI is InChI=1S/C31H37FO5S.C29H33NO4S2.C26H32N2O4S/c1-4-5-27-36-26-15-23-22-11-6-18-14-20(33)12-13-29(18,2)28(22)24(34)16-30(23,3)31(26,37-27)25(35)17-38-21-9-7-19(32)8-10-21;1-16-12-20-19-9-8-17-13-18(31)10-11-27(17,2)25(19)22(32)14-28(20,3)29(16,34)24(33)15-35-26-30-21-6-4-5-7-23(21)36-26;1-15-11-17-18-6-8-26(32,21(31)14-33-23-27-9-4-10-28-23)25(18,3)13-20(30)22(17)24(2)7-5-16(29)12-19(15)24/h7-10,12-14,22-24,26-28,34H,4-6,11,15-17H2,1-3H3;4-7,10-11,13,16,19-20,22,25,32,34H,8-9,12,14-15H2,1-3H3;4-5,7,9-10,12,15,17-18,20,22,30,32H,6,8,11,13-14H2,1-3H3/t22?,23?,24-,26+,27?,28?,29?,30?,31+;16-,19?,20?,22+,25?,27?,28?,29+;15-,17?,18?,20-,22?,24?,25?,26-/m010/s1. The molecule has 17 rings (SSSR count). The van der Waals surface area contributed by atoms with Gasteiger partial charge in [-0.1, -0.05) is 139 Å². The summed E-state index contributed by atoms with van der Waals surface area (Å²) in [5, 5.41) is 59.4. The van der Waals surface area contributed by atoms with Gasteiger partial charge in [0.15, 0.2) is 56.1 Å². The summed E-state index contributed by atoms with van der Waals surface area (Å²) < 4.78 is 28.5. The van der Waals surface area contributed by atoms with Crippen LogP contribution in [0.5, 0.6) is 0 Å². The normalized spacial score (nSPS) is 42.9. The van der Waals surface area contributed by atoms with Crippen molar-refractivity contribution in [3.05, 3.63) is 144 Å². The van der Waals surface area contributed by atoms with E-state index >= 15 is 0 Å². The third-order valence-corrected chi connectivity index (χ3v) is 33.9. The van der Waals surface area contributed by atoms with E-state index in [1.807, 2.05) is 63.3 Å². The summed E-state index contributed by atoms with van der Waals surface area (Å²) in [5.41, 5.74) is -2.84.